The third kappa shape index (κ3) is 3.26. The summed E-state index contributed by atoms with van der Waals surface area (Å²) in [5, 5.41) is 6.68. The molecule has 0 saturated carbocycles. The van der Waals surface area contributed by atoms with Crippen LogP contribution in [0.25, 0.3) is 11.3 Å². The van der Waals surface area contributed by atoms with Crippen LogP contribution in [0.2, 0.25) is 0 Å². The van der Waals surface area contributed by atoms with Gasteiger partial charge in [-0.15, -0.1) is 0 Å². The van der Waals surface area contributed by atoms with E-state index in [1.165, 1.54) is 22.8 Å². The normalized spacial score (nSPS) is 17.7. The van der Waals surface area contributed by atoms with E-state index >= 15 is 0 Å². The van der Waals surface area contributed by atoms with Crippen molar-refractivity contribution in [1.29, 1.82) is 0 Å². The molecule has 0 saturated heterocycles. The zero-order valence-electron chi connectivity index (χ0n) is 14.3. The summed E-state index contributed by atoms with van der Waals surface area (Å²) in [6, 6.07) is 20.6. The zero-order chi connectivity index (χ0) is 17.2. The summed E-state index contributed by atoms with van der Waals surface area (Å²) in [7, 11) is 2.17. The van der Waals surface area contributed by atoms with Crippen LogP contribution in [0.4, 0.5) is 0 Å². The van der Waals surface area contributed by atoms with Crippen molar-refractivity contribution in [3.8, 4) is 11.3 Å². The first kappa shape index (κ1) is 15.8. The molecule has 1 unspecified atom stereocenters. The largest absolute Gasteiger partial charge is 0.302 e. The Bertz CT molecular complexity index is 913. The highest BCUT2D eigenvalue weighted by Crippen LogP contribution is 2.35. The molecule has 0 amide bonds. The molecule has 2 heterocycles. The van der Waals surface area contributed by atoms with E-state index in [2.05, 4.69) is 70.7 Å². The summed E-state index contributed by atoms with van der Waals surface area (Å²) in [5.74, 6) is 0.415. The summed E-state index contributed by atoms with van der Waals surface area (Å²) >= 11 is 0. The van der Waals surface area contributed by atoms with Gasteiger partial charge in [0.25, 0.3) is 5.56 Å². The molecule has 0 bridgehead atoms. The molecule has 4 heteroatoms. The van der Waals surface area contributed by atoms with E-state index in [0.29, 0.717) is 5.92 Å². The maximum absolute atomic E-state index is 11.2. The van der Waals surface area contributed by atoms with Crippen molar-refractivity contribution >= 4 is 0 Å². The van der Waals surface area contributed by atoms with Crippen molar-refractivity contribution in [3.05, 3.63) is 87.7 Å². The average molecular weight is 331 g/mol. The van der Waals surface area contributed by atoms with Crippen molar-refractivity contribution in [2.24, 2.45) is 0 Å². The second-order valence-corrected chi connectivity index (χ2v) is 6.71. The molecule has 0 aliphatic carbocycles. The predicted molar refractivity (Wildman–Crippen MR) is 99.5 cm³/mol. The average Bonchev–Trinajstić information content (AvgIpc) is 2.80. The Balaban J connectivity index is 1.78. The van der Waals surface area contributed by atoms with Gasteiger partial charge in [-0.3, -0.25) is 4.79 Å². The van der Waals surface area contributed by atoms with Crippen LogP contribution in [0.1, 0.15) is 29.0 Å². The number of nitrogens with one attached hydrogen (secondary N) is 1. The van der Waals surface area contributed by atoms with Gasteiger partial charge in [-0.1, -0.05) is 42.5 Å². The molecule has 126 valence electrons. The van der Waals surface area contributed by atoms with Crippen molar-refractivity contribution in [2.45, 2.75) is 18.9 Å². The monoisotopic (exact) mass is 331 g/mol. The van der Waals surface area contributed by atoms with Gasteiger partial charge in [-0.05, 0) is 48.8 Å². The molecular formula is C21H21N3O. The van der Waals surface area contributed by atoms with Crippen LogP contribution < -0.4 is 5.56 Å². The Morgan fingerprint density at radius 2 is 1.92 bits per heavy atom. The third-order valence-electron chi connectivity index (χ3n) is 4.93. The lowest BCUT2D eigenvalue weighted by Crippen LogP contribution is -2.17. The van der Waals surface area contributed by atoms with Gasteiger partial charge in [0.05, 0.1) is 5.69 Å². The van der Waals surface area contributed by atoms with Crippen LogP contribution in [0.3, 0.4) is 0 Å². The van der Waals surface area contributed by atoms with Gasteiger partial charge in [-0.2, -0.15) is 5.10 Å². The standard InChI is InChI=1S/C21H21N3O/c1-24-12-11-19(15-5-3-2-4-6-15)18-8-7-16(13-17(18)14-24)20-9-10-21(25)23-22-20/h2-10,13,19H,11-12,14H2,1H3,(H,23,25). The first-order valence-electron chi connectivity index (χ1n) is 8.63. The molecule has 0 fully saturated rings. The van der Waals surface area contributed by atoms with Gasteiger partial charge in [0, 0.05) is 24.1 Å². The maximum Gasteiger partial charge on any atom is 0.264 e. The van der Waals surface area contributed by atoms with E-state index in [-0.39, 0.29) is 5.56 Å². The molecule has 1 aliphatic heterocycles. The second-order valence-electron chi connectivity index (χ2n) is 6.71. The number of benzene rings is 2. The minimum absolute atomic E-state index is 0.178. The van der Waals surface area contributed by atoms with Gasteiger partial charge in [0.1, 0.15) is 0 Å². The maximum atomic E-state index is 11.2. The summed E-state index contributed by atoms with van der Waals surface area (Å²) in [4.78, 5) is 13.6. The Morgan fingerprint density at radius 1 is 1.08 bits per heavy atom. The van der Waals surface area contributed by atoms with E-state index in [1.807, 2.05) is 0 Å². The van der Waals surface area contributed by atoms with Crippen LogP contribution in [0, 0.1) is 0 Å². The van der Waals surface area contributed by atoms with Crippen LogP contribution in [-0.2, 0) is 6.54 Å². The first-order chi connectivity index (χ1) is 12.2. The highest BCUT2D eigenvalue weighted by Gasteiger charge is 2.22. The molecule has 2 aromatic carbocycles. The quantitative estimate of drug-likeness (QED) is 0.783. The number of rotatable bonds is 2. The highest BCUT2D eigenvalue weighted by molar-refractivity contribution is 5.61. The fraction of sp³-hybridized carbons (Fsp3) is 0.238. The van der Waals surface area contributed by atoms with Crippen LogP contribution in [-0.4, -0.2) is 28.7 Å². The number of aromatic nitrogens is 2. The Morgan fingerprint density at radius 3 is 2.68 bits per heavy atom. The van der Waals surface area contributed by atoms with Gasteiger partial charge in [0.15, 0.2) is 0 Å². The number of aromatic amines is 1. The number of H-pyrrole nitrogens is 1. The molecular weight excluding hydrogens is 310 g/mol. The van der Waals surface area contributed by atoms with Crippen molar-refractivity contribution < 1.29 is 0 Å². The van der Waals surface area contributed by atoms with Gasteiger partial charge >= 0.3 is 0 Å². The van der Waals surface area contributed by atoms with Gasteiger partial charge < -0.3 is 4.90 Å². The Kier molecular flexibility index (Phi) is 4.20. The van der Waals surface area contributed by atoms with Gasteiger partial charge in [-0.25, -0.2) is 5.10 Å². The fourth-order valence-electron chi connectivity index (χ4n) is 3.65. The number of fused-ring (bicyclic) bond motifs is 1. The molecule has 1 aromatic heterocycles. The minimum Gasteiger partial charge on any atom is -0.302 e. The molecule has 0 radical (unpaired) electrons. The van der Waals surface area contributed by atoms with Crippen molar-refractivity contribution in [2.75, 3.05) is 13.6 Å². The summed E-state index contributed by atoms with van der Waals surface area (Å²) in [6.45, 7) is 2.00. The van der Waals surface area contributed by atoms with E-state index in [1.54, 1.807) is 6.07 Å². The smallest absolute Gasteiger partial charge is 0.264 e. The lowest BCUT2D eigenvalue weighted by atomic mass is 9.86. The van der Waals surface area contributed by atoms with E-state index in [9.17, 15) is 4.79 Å². The third-order valence-corrected chi connectivity index (χ3v) is 4.93. The molecule has 4 nitrogen and oxygen atoms in total. The Labute approximate surface area is 147 Å². The lowest BCUT2D eigenvalue weighted by Gasteiger charge is -2.18. The summed E-state index contributed by atoms with van der Waals surface area (Å²) < 4.78 is 0. The van der Waals surface area contributed by atoms with Crippen molar-refractivity contribution in [3.63, 3.8) is 0 Å². The fourth-order valence-corrected chi connectivity index (χ4v) is 3.65. The molecule has 1 aliphatic rings. The molecule has 3 aromatic rings. The molecule has 0 spiro atoms. The topological polar surface area (TPSA) is 49.0 Å². The molecule has 1 atom stereocenters. The number of nitrogens with zero attached hydrogens (tertiary/aromatic N) is 2. The second kappa shape index (κ2) is 6.65. The van der Waals surface area contributed by atoms with E-state index in [0.717, 1.165) is 30.8 Å². The first-order valence-corrected chi connectivity index (χ1v) is 8.63. The van der Waals surface area contributed by atoms with Gasteiger partial charge in [0.2, 0.25) is 0 Å². The summed E-state index contributed by atoms with van der Waals surface area (Å²) in [6.07, 6.45) is 1.11. The number of hydrogen-bond donors (Lipinski definition) is 1. The highest BCUT2D eigenvalue weighted by atomic mass is 16.1. The Hall–Kier alpha value is -2.72. The van der Waals surface area contributed by atoms with E-state index in [4.69, 9.17) is 0 Å². The molecule has 4 rings (SSSR count). The SMILES string of the molecule is CN1CCC(c2ccccc2)c2ccc(-c3ccc(=O)[nH]n3)cc2C1. The molecule has 25 heavy (non-hydrogen) atoms. The van der Waals surface area contributed by atoms with E-state index < -0.39 is 0 Å². The lowest BCUT2D eigenvalue weighted by molar-refractivity contribution is 0.328. The predicted octanol–water partition coefficient (Wildman–Crippen LogP) is 3.40. The molecule has 1 N–H and O–H groups in total. The van der Waals surface area contributed by atoms with Crippen LogP contribution in [0.15, 0.2) is 65.5 Å². The number of hydrogen-bond acceptors (Lipinski definition) is 3. The van der Waals surface area contributed by atoms with Crippen molar-refractivity contribution in [1.82, 2.24) is 15.1 Å². The minimum atomic E-state index is -0.178. The van der Waals surface area contributed by atoms with Crippen LogP contribution in [0.5, 0.6) is 0 Å². The zero-order valence-corrected chi connectivity index (χ0v) is 14.3. The van der Waals surface area contributed by atoms with Crippen LogP contribution >= 0.6 is 0 Å². The summed E-state index contributed by atoms with van der Waals surface area (Å²) in [5.41, 5.74) is 5.75.